The zero-order valence-corrected chi connectivity index (χ0v) is 14.1. The number of carbonyl (C=O) groups excluding carboxylic acids is 3. The highest BCUT2D eigenvalue weighted by Crippen LogP contribution is 2.32. The Morgan fingerprint density at radius 1 is 1.19 bits per heavy atom. The number of nitrogens with zero attached hydrogens (tertiary/aromatic N) is 1. The van der Waals surface area contributed by atoms with Crippen LogP contribution in [0.2, 0.25) is 0 Å². The highest BCUT2D eigenvalue weighted by molar-refractivity contribution is 6.09. The van der Waals surface area contributed by atoms with Crippen molar-refractivity contribution in [1.29, 1.82) is 0 Å². The smallest absolute Gasteiger partial charge is 0.325 e. The van der Waals surface area contributed by atoms with Gasteiger partial charge in [0.15, 0.2) is 11.5 Å². The molecule has 4 amide bonds. The maximum atomic E-state index is 12.6. The number of carbonyl (C=O) groups is 3. The number of hydrogen-bond acceptors (Lipinski definition) is 6. The predicted octanol–water partition coefficient (Wildman–Crippen LogP) is 0.132. The fourth-order valence-corrected chi connectivity index (χ4v) is 3.33. The Morgan fingerprint density at radius 3 is 2.77 bits per heavy atom. The SMILES string of the molecule is O=C(CN1C(=O)NC2(CCOCC2)C1=O)NCc1ccc2c(c1)OCO2. The predicted molar refractivity (Wildman–Crippen MR) is 87.4 cm³/mol. The number of imide groups is 1. The van der Waals surface area contributed by atoms with Gasteiger partial charge >= 0.3 is 6.03 Å². The average molecular weight is 361 g/mol. The van der Waals surface area contributed by atoms with Crippen molar-refractivity contribution in [3.63, 3.8) is 0 Å². The fourth-order valence-electron chi connectivity index (χ4n) is 3.33. The number of rotatable bonds is 4. The Bertz CT molecular complexity index is 759. The first kappa shape index (κ1) is 16.6. The first-order valence-corrected chi connectivity index (χ1v) is 8.44. The van der Waals surface area contributed by atoms with Crippen LogP contribution < -0.4 is 20.1 Å². The zero-order chi connectivity index (χ0) is 18.1. The van der Waals surface area contributed by atoms with Gasteiger partial charge in [-0.1, -0.05) is 6.07 Å². The number of nitrogens with one attached hydrogen (secondary N) is 2. The Morgan fingerprint density at radius 2 is 1.96 bits per heavy atom. The van der Waals surface area contributed by atoms with Crippen molar-refractivity contribution in [2.24, 2.45) is 0 Å². The van der Waals surface area contributed by atoms with Gasteiger partial charge in [0, 0.05) is 32.6 Å². The van der Waals surface area contributed by atoms with E-state index in [1.165, 1.54) is 0 Å². The van der Waals surface area contributed by atoms with Crippen LogP contribution >= 0.6 is 0 Å². The van der Waals surface area contributed by atoms with Crippen LogP contribution in [0.1, 0.15) is 18.4 Å². The molecule has 3 aliphatic rings. The highest BCUT2D eigenvalue weighted by atomic mass is 16.7. The fraction of sp³-hybridized carbons (Fsp3) is 0.471. The molecule has 26 heavy (non-hydrogen) atoms. The molecule has 0 unspecified atom stereocenters. The first-order valence-electron chi connectivity index (χ1n) is 8.44. The minimum absolute atomic E-state index is 0.185. The monoisotopic (exact) mass is 361 g/mol. The van der Waals surface area contributed by atoms with Crippen molar-refractivity contribution in [2.45, 2.75) is 24.9 Å². The lowest BCUT2D eigenvalue weighted by molar-refractivity contribution is -0.137. The van der Waals surface area contributed by atoms with E-state index in [-0.39, 0.29) is 25.8 Å². The van der Waals surface area contributed by atoms with Crippen LogP contribution in [0.4, 0.5) is 4.79 Å². The summed E-state index contributed by atoms with van der Waals surface area (Å²) < 4.78 is 15.8. The van der Waals surface area contributed by atoms with E-state index >= 15 is 0 Å². The van der Waals surface area contributed by atoms with E-state index < -0.39 is 17.5 Å². The second-order valence-corrected chi connectivity index (χ2v) is 6.48. The number of fused-ring (bicyclic) bond motifs is 1. The van der Waals surface area contributed by atoms with Gasteiger partial charge < -0.3 is 24.8 Å². The van der Waals surface area contributed by atoms with E-state index in [0.717, 1.165) is 10.5 Å². The summed E-state index contributed by atoms with van der Waals surface area (Å²) in [6, 6.07) is 4.84. The summed E-state index contributed by atoms with van der Waals surface area (Å²) in [5, 5.41) is 5.44. The summed E-state index contributed by atoms with van der Waals surface area (Å²) in [6.07, 6.45) is 0.847. The van der Waals surface area contributed by atoms with Gasteiger partial charge in [-0.2, -0.15) is 0 Å². The third-order valence-corrected chi connectivity index (χ3v) is 4.82. The van der Waals surface area contributed by atoms with Gasteiger partial charge in [0.25, 0.3) is 5.91 Å². The molecule has 2 saturated heterocycles. The molecule has 1 aromatic carbocycles. The summed E-state index contributed by atoms with van der Waals surface area (Å²) in [7, 11) is 0. The zero-order valence-electron chi connectivity index (χ0n) is 14.1. The van der Waals surface area contributed by atoms with Gasteiger partial charge in [-0.15, -0.1) is 0 Å². The normalized spacial score (nSPS) is 20.4. The molecule has 2 N–H and O–H groups in total. The van der Waals surface area contributed by atoms with Crippen LogP contribution in [0.5, 0.6) is 11.5 Å². The lowest BCUT2D eigenvalue weighted by Gasteiger charge is -2.30. The van der Waals surface area contributed by atoms with Crippen molar-refractivity contribution in [1.82, 2.24) is 15.5 Å². The lowest BCUT2D eigenvalue weighted by Crippen LogP contribution is -2.51. The van der Waals surface area contributed by atoms with E-state index in [1.54, 1.807) is 12.1 Å². The Balaban J connectivity index is 1.34. The molecule has 1 aromatic rings. The van der Waals surface area contributed by atoms with Crippen LogP contribution in [0, 0.1) is 0 Å². The minimum Gasteiger partial charge on any atom is -0.454 e. The lowest BCUT2D eigenvalue weighted by atomic mass is 9.90. The van der Waals surface area contributed by atoms with Gasteiger partial charge in [-0.3, -0.25) is 14.5 Å². The van der Waals surface area contributed by atoms with Crippen molar-refractivity contribution in [3.05, 3.63) is 23.8 Å². The molecule has 0 bridgehead atoms. The molecule has 4 rings (SSSR count). The molecule has 0 atom stereocenters. The number of urea groups is 1. The minimum atomic E-state index is -0.924. The maximum Gasteiger partial charge on any atom is 0.325 e. The molecular weight excluding hydrogens is 342 g/mol. The van der Waals surface area contributed by atoms with Crippen molar-refractivity contribution >= 4 is 17.8 Å². The molecule has 0 aromatic heterocycles. The summed E-state index contributed by atoms with van der Waals surface area (Å²) >= 11 is 0. The standard InChI is InChI=1S/C17H19N3O6/c21-14(18-8-11-1-2-12-13(7-11)26-10-25-12)9-20-15(22)17(19-16(20)23)3-5-24-6-4-17/h1-2,7H,3-6,8-10H2,(H,18,21)(H,19,23). The molecule has 0 saturated carbocycles. The molecule has 138 valence electrons. The molecular formula is C17H19N3O6. The maximum absolute atomic E-state index is 12.6. The van der Waals surface area contributed by atoms with Crippen LogP contribution in [-0.2, 0) is 20.9 Å². The molecule has 1 spiro atoms. The van der Waals surface area contributed by atoms with Crippen LogP contribution in [0.25, 0.3) is 0 Å². The largest absolute Gasteiger partial charge is 0.454 e. The van der Waals surface area contributed by atoms with Gasteiger partial charge in [0.2, 0.25) is 12.7 Å². The third-order valence-electron chi connectivity index (χ3n) is 4.82. The van der Waals surface area contributed by atoms with E-state index in [0.29, 0.717) is 37.6 Å². The molecule has 0 radical (unpaired) electrons. The van der Waals surface area contributed by atoms with Gasteiger partial charge in [-0.05, 0) is 17.7 Å². The number of benzene rings is 1. The molecule has 9 nitrogen and oxygen atoms in total. The number of amides is 4. The molecule has 3 aliphatic heterocycles. The quantitative estimate of drug-likeness (QED) is 0.739. The molecule has 0 aliphatic carbocycles. The highest BCUT2D eigenvalue weighted by Gasteiger charge is 2.52. The second-order valence-electron chi connectivity index (χ2n) is 6.48. The van der Waals surface area contributed by atoms with Gasteiger partial charge in [0.05, 0.1) is 0 Å². The third kappa shape index (κ3) is 2.94. The van der Waals surface area contributed by atoms with Crippen molar-refractivity contribution < 1.29 is 28.6 Å². The Kier molecular flexibility index (Phi) is 4.15. The molecule has 2 fully saturated rings. The van der Waals surface area contributed by atoms with Crippen LogP contribution in [0.3, 0.4) is 0 Å². The summed E-state index contributed by atoms with van der Waals surface area (Å²) in [4.78, 5) is 37.9. The van der Waals surface area contributed by atoms with E-state index in [2.05, 4.69) is 10.6 Å². The molecule has 3 heterocycles. The Hall–Kier alpha value is -2.81. The van der Waals surface area contributed by atoms with Gasteiger partial charge in [0.1, 0.15) is 12.1 Å². The van der Waals surface area contributed by atoms with Gasteiger partial charge in [-0.25, -0.2) is 4.79 Å². The van der Waals surface area contributed by atoms with Crippen LogP contribution in [-0.4, -0.2) is 54.8 Å². The number of ether oxygens (including phenoxy) is 3. The number of hydrogen-bond donors (Lipinski definition) is 2. The first-order chi connectivity index (χ1) is 12.6. The summed E-state index contributed by atoms with van der Waals surface area (Å²) in [5.41, 5.74) is -0.0897. The summed E-state index contributed by atoms with van der Waals surface area (Å²) in [6.45, 7) is 0.965. The average Bonchev–Trinajstić information content (AvgIpc) is 3.19. The second kappa shape index (κ2) is 6.49. The van der Waals surface area contributed by atoms with Crippen molar-refractivity contribution in [2.75, 3.05) is 26.6 Å². The van der Waals surface area contributed by atoms with Crippen molar-refractivity contribution in [3.8, 4) is 11.5 Å². The van der Waals surface area contributed by atoms with E-state index in [4.69, 9.17) is 14.2 Å². The molecule has 9 heteroatoms. The topological polar surface area (TPSA) is 106 Å². The van der Waals surface area contributed by atoms with E-state index in [9.17, 15) is 14.4 Å². The Labute approximate surface area is 149 Å². The van der Waals surface area contributed by atoms with Crippen LogP contribution in [0.15, 0.2) is 18.2 Å². The summed E-state index contributed by atoms with van der Waals surface area (Å²) in [5.74, 6) is 0.535. The van der Waals surface area contributed by atoms with E-state index in [1.807, 2.05) is 6.07 Å².